The quantitative estimate of drug-likeness (QED) is 0.507. The molecular weight excluding hydrogens is 372 g/mol. The van der Waals surface area contributed by atoms with Crippen LogP contribution in [-0.4, -0.2) is 88.4 Å². The highest BCUT2D eigenvalue weighted by atomic mass is 16.7. The summed E-state index contributed by atoms with van der Waals surface area (Å²) in [5.74, 6) is -1.44. The molecule has 2 heterocycles. The molecule has 2 rings (SSSR count). The van der Waals surface area contributed by atoms with Crippen LogP contribution in [0.25, 0.3) is 0 Å². The Morgan fingerprint density at radius 3 is 2.64 bits per heavy atom. The first-order chi connectivity index (χ1) is 13.3. The van der Waals surface area contributed by atoms with Crippen LogP contribution in [0.15, 0.2) is 0 Å². The zero-order chi connectivity index (χ0) is 20.8. The van der Waals surface area contributed by atoms with Gasteiger partial charge in [-0.2, -0.15) is 5.06 Å². The Kier molecular flexibility index (Phi) is 7.58. The summed E-state index contributed by atoms with van der Waals surface area (Å²) < 4.78 is 5.22. The topological polar surface area (TPSA) is 143 Å². The molecule has 11 heteroatoms. The first kappa shape index (κ1) is 21.9. The Balaban J connectivity index is 2.26. The summed E-state index contributed by atoms with van der Waals surface area (Å²) in [4.78, 5) is 57.3. The molecule has 0 aliphatic carbocycles. The summed E-state index contributed by atoms with van der Waals surface area (Å²) in [6, 6.07) is -0.858. The van der Waals surface area contributed by atoms with Crippen molar-refractivity contribution in [1.29, 1.82) is 0 Å². The molecule has 0 aromatic heterocycles. The van der Waals surface area contributed by atoms with Gasteiger partial charge in [-0.05, 0) is 19.8 Å². The average molecular weight is 400 g/mol. The van der Waals surface area contributed by atoms with Crippen LogP contribution < -0.4 is 5.73 Å². The van der Waals surface area contributed by atoms with Crippen molar-refractivity contribution in [2.45, 2.75) is 57.8 Å². The minimum atomic E-state index is -1.12. The molecule has 0 saturated carbocycles. The van der Waals surface area contributed by atoms with Gasteiger partial charge < -0.3 is 25.4 Å². The van der Waals surface area contributed by atoms with E-state index >= 15 is 0 Å². The van der Waals surface area contributed by atoms with Gasteiger partial charge in [0, 0.05) is 13.0 Å². The fraction of sp³-hybridized carbons (Fsp3) is 0.765. The average Bonchev–Trinajstić information content (AvgIpc) is 2.65. The maximum absolute atomic E-state index is 12.9. The van der Waals surface area contributed by atoms with Crippen LogP contribution in [0, 0.1) is 0 Å². The number of fused-ring (bicyclic) bond motifs is 1. The molecule has 2 aliphatic rings. The number of nitrogens with two attached hydrogens (primary N) is 1. The molecule has 2 saturated heterocycles. The predicted molar refractivity (Wildman–Crippen MR) is 95.2 cm³/mol. The van der Waals surface area contributed by atoms with Gasteiger partial charge in [-0.15, -0.1) is 0 Å². The maximum atomic E-state index is 12.9. The molecule has 2 fully saturated rings. The molecular formula is C17H28N4O7. The minimum absolute atomic E-state index is 0.0130. The lowest BCUT2D eigenvalue weighted by Crippen LogP contribution is -2.73. The first-order valence-corrected chi connectivity index (χ1v) is 9.44. The van der Waals surface area contributed by atoms with Crippen LogP contribution in [0.1, 0.15) is 39.5 Å². The number of aliphatic hydroxyl groups excluding tert-OH is 1. The summed E-state index contributed by atoms with van der Waals surface area (Å²) in [5.41, 5.74) is 5.15. The van der Waals surface area contributed by atoms with Crippen molar-refractivity contribution >= 4 is 23.8 Å². The van der Waals surface area contributed by atoms with Crippen LogP contribution in [0.2, 0.25) is 0 Å². The van der Waals surface area contributed by atoms with E-state index in [2.05, 4.69) is 0 Å². The molecule has 0 aromatic rings. The number of aliphatic hydroxyl groups is 1. The molecule has 11 nitrogen and oxygen atoms in total. The molecule has 28 heavy (non-hydrogen) atoms. The standard InChI is InChI=1S/C17H28N4O7/c1-3-4-9-27-17(26)21-14-10-19(7-8-22)15(24)11(2)20(14)16(25)12(28-21)5-6-13(18)23/h11-12,14,22H,3-10H2,1-2H3,(H2,18,23)/t11-,12+,14?/m0/s1. The molecule has 1 unspecified atom stereocenters. The number of β-amino-alcohol motifs (C(OH)–C–C–N with tert-alkyl or cyclic N) is 1. The number of hydrogen-bond acceptors (Lipinski definition) is 7. The van der Waals surface area contributed by atoms with Gasteiger partial charge in [0.2, 0.25) is 11.8 Å². The number of ether oxygens (including phenoxy) is 1. The second-order valence-corrected chi connectivity index (χ2v) is 6.80. The third kappa shape index (κ3) is 4.71. The van der Waals surface area contributed by atoms with E-state index in [1.165, 1.54) is 9.80 Å². The number of piperazine rings is 1. The van der Waals surface area contributed by atoms with Gasteiger partial charge >= 0.3 is 6.09 Å². The third-order valence-corrected chi connectivity index (χ3v) is 4.76. The zero-order valence-electron chi connectivity index (χ0n) is 16.2. The second kappa shape index (κ2) is 9.69. The highest BCUT2D eigenvalue weighted by Gasteiger charge is 2.51. The Morgan fingerprint density at radius 2 is 2.04 bits per heavy atom. The number of nitrogens with zero attached hydrogens (tertiary/aromatic N) is 3. The molecule has 0 aromatic carbocycles. The van der Waals surface area contributed by atoms with E-state index in [4.69, 9.17) is 15.3 Å². The number of carbonyl (C=O) groups is 4. The molecule has 3 N–H and O–H groups in total. The van der Waals surface area contributed by atoms with Crippen molar-refractivity contribution in [2.75, 3.05) is 26.3 Å². The van der Waals surface area contributed by atoms with Crippen molar-refractivity contribution in [3.05, 3.63) is 0 Å². The van der Waals surface area contributed by atoms with Gasteiger partial charge in [-0.25, -0.2) is 4.79 Å². The summed E-state index contributed by atoms with van der Waals surface area (Å²) >= 11 is 0. The molecule has 0 bridgehead atoms. The van der Waals surface area contributed by atoms with Gasteiger partial charge in [0.15, 0.2) is 12.3 Å². The summed E-state index contributed by atoms with van der Waals surface area (Å²) in [5, 5.41) is 10.2. The number of rotatable bonds is 8. The van der Waals surface area contributed by atoms with Crippen LogP contribution in [0.4, 0.5) is 4.79 Å². The maximum Gasteiger partial charge on any atom is 0.436 e. The molecule has 0 spiro atoms. The normalized spacial score (nSPS) is 25.0. The summed E-state index contributed by atoms with van der Waals surface area (Å²) in [6.07, 6.45) is -1.40. The van der Waals surface area contributed by atoms with Crippen LogP contribution in [-0.2, 0) is 24.0 Å². The number of amides is 4. The van der Waals surface area contributed by atoms with Gasteiger partial charge in [-0.1, -0.05) is 13.3 Å². The zero-order valence-corrected chi connectivity index (χ0v) is 16.2. The monoisotopic (exact) mass is 400 g/mol. The van der Waals surface area contributed by atoms with Crippen LogP contribution >= 0.6 is 0 Å². The molecule has 4 amide bonds. The summed E-state index contributed by atoms with van der Waals surface area (Å²) in [7, 11) is 0. The van der Waals surface area contributed by atoms with Crippen molar-refractivity contribution < 1.29 is 33.9 Å². The number of primary amides is 1. The molecule has 0 radical (unpaired) electrons. The van der Waals surface area contributed by atoms with Crippen LogP contribution in [0.5, 0.6) is 0 Å². The van der Waals surface area contributed by atoms with Gasteiger partial charge in [0.05, 0.1) is 19.8 Å². The number of hydroxylamine groups is 2. The van der Waals surface area contributed by atoms with Crippen molar-refractivity contribution in [1.82, 2.24) is 14.9 Å². The lowest BCUT2D eigenvalue weighted by molar-refractivity contribution is -0.266. The third-order valence-electron chi connectivity index (χ3n) is 4.76. The van der Waals surface area contributed by atoms with E-state index in [0.717, 1.165) is 11.5 Å². The van der Waals surface area contributed by atoms with Crippen molar-refractivity contribution in [3.8, 4) is 0 Å². The fourth-order valence-electron chi connectivity index (χ4n) is 3.26. The van der Waals surface area contributed by atoms with E-state index in [1.807, 2.05) is 6.92 Å². The van der Waals surface area contributed by atoms with E-state index in [-0.39, 0.29) is 45.1 Å². The van der Waals surface area contributed by atoms with E-state index in [1.54, 1.807) is 6.92 Å². The predicted octanol–water partition coefficient (Wildman–Crippen LogP) is -0.818. The fourth-order valence-corrected chi connectivity index (χ4v) is 3.26. The lowest BCUT2D eigenvalue weighted by Gasteiger charge is -2.51. The Hall–Kier alpha value is -2.40. The van der Waals surface area contributed by atoms with Gasteiger partial charge in [0.1, 0.15) is 6.04 Å². The van der Waals surface area contributed by atoms with Gasteiger partial charge in [-0.3, -0.25) is 19.2 Å². The number of carbonyl (C=O) groups excluding carboxylic acids is 4. The Bertz CT molecular complexity index is 614. The Labute approximate surface area is 163 Å². The highest BCUT2D eigenvalue weighted by Crippen LogP contribution is 2.29. The molecule has 2 aliphatic heterocycles. The van der Waals surface area contributed by atoms with Crippen molar-refractivity contribution in [2.24, 2.45) is 5.73 Å². The highest BCUT2D eigenvalue weighted by molar-refractivity contribution is 5.92. The van der Waals surface area contributed by atoms with E-state index < -0.39 is 36.2 Å². The summed E-state index contributed by atoms with van der Waals surface area (Å²) in [6.45, 7) is 3.51. The van der Waals surface area contributed by atoms with E-state index in [0.29, 0.717) is 6.42 Å². The smallest absolute Gasteiger partial charge is 0.436 e. The SMILES string of the molecule is CCCCOC(=O)N1O[C@H](CCC(N)=O)C(=O)N2C1CN(CCO)C(=O)[C@@H]2C. The second-order valence-electron chi connectivity index (χ2n) is 6.80. The first-order valence-electron chi connectivity index (χ1n) is 9.44. The molecule has 3 atom stereocenters. The lowest BCUT2D eigenvalue weighted by atomic mass is 10.1. The van der Waals surface area contributed by atoms with Gasteiger partial charge in [0.25, 0.3) is 5.91 Å². The minimum Gasteiger partial charge on any atom is -0.448 e. The Morgan fingerprint density at radius 1 is 1.32 bits per heavy atom. The van der Waals surface area contributed by atoms with E-state index in [9.17, 15) is 24.3 Å². The number of hydrogen-bond donors (Lipinski definition) is 2. The largest absolute Gasteiger partial charge is 0.448 e. The number of unbranched alkanes of at least 4 members (excludes halogenated alkanes) is 1. The van der Waals surface area contributed by atoms with Crippen LogP contribution in [0.3, 0.4) is 0 Å². The molecule has 158 valence electrons. The van der Waals surface area contributed by atoms with Crippen molar-refractivity contribution in [3.63, 3.8) is 0 Å².